The van der Waals surface area contributed by atoms with Crippen molar-refractivity contribution in [2.45, 2.75) is 0 Å². The number of hydrogen-bond acceptors (Lipinski definition) is 2. The first-order chi connectivity index (χ1) is 5.74. The highest BCUT2D eigenvalue weighted by Gasteiger charge is 2.03. The second-order valence-electron chi connectivity index (χ2n) is 2.23. The second-order valence-corrected chi connectivity index (χ2v) is 4.05. The van der Waals surface area contributed by atoms with Gasteiger partial charge in [0.25, 0.3) is 0 Å². The standard InChI is InChI=1S/C8H9IO2Si/c9-7-3-1-6(2-4-7)8(10)11-5-12/h1-4H,5H2,12H3. The van der Waals surface area contributed by atoms with Crippen molar-refractivity contribution in [2.75, 3.05) is 6.23 Å². The molecule has 0 aliphatic rings. The summed E-state index contributed by atoms with van der Waals surface area (Å²) in [6, 6.07) is 7.34. The first-order valence-electron chi connectivity index (χ1n) is 3.66. The molecule has 1 rings (SSSR count). The zero-order valence-corrected chi connectivity index (χ0v) is 10.9. The number of hydrogen-bond donors (Lipinski definition) is 0. The van der Waals surface area contributed by atoms with Crippen molar-refractivity contribution in [3.63, 3.8) is 0 Å². The quantitative estimate of drug-likeness (QED) is 0.457. The Hall–Kier alpha value is -0.363. The molecule has 0 N–H and O–H groups in total. The van der Waals surface area contributed by atoms with Crippen LogP contribution in [0.4, 0.5) is 0 Å². The Balaban J connectivity index is 2.75. The van der Waals surface area contributed by atoms with E-state index in [1.807, 2.05) is 12.1 Å². The zero-order valence-electron chi connectivity index (χ0n) is 6.71. The molecule has 0 heterocycles. The van der Waals surface area contributed by atoms with Crippen molar-refractivity contribution in [3.05, 3.63) is 33.4 Å². The topological polar surface area (TPSA) is 26.3 Å². The molecular weight excluding hydrogens is 283 g/mol. The Morgan fingerprint density at radius 2 is 2.00 bits per heavy atom. The molecule has 0 saturated carbocycles. The zero-order chi connectivity index (χ0) is 8.97. The third-order valence-electron chi connectivity index (χ3n) is 1.36. The summed E-state index contributed by atoms with van der Waals surface area (Å²) in [6.07, 6.45) is 0.560. The van der Waals surface area contributed by atoms with Gasteiger partial charge in [0, 0.05) is 3.57 Å². The SMILES string of the molecule is O=C(OC[SiH3])c1ccc(I)cc1. The number of carbonyl (C=O) groups is 1. The minimum absolute atomic E-state index is 0.221. The van der Waals surface area contributed by atoms with E-state index in [0.717, 1.165) is 13.8 Å². The van der Waals surface area contributed by atoms with Crippen molar-refractivity contribution in [1.82, 2.24) is 0 Å². The van der Waals surface area contributed by atoms with E-state index < -0.39 is 0 Å². The van der Waals surface area contributed by atoms with Crippen LogP contribution in [-0.4, -0.2) is 22.4 Å². The number of ether oxygens (including phenoxy) is 1. The normalized spacial score (nSPS) is 9.75. The summed E-state index contributed by atoms with van der Waals surface area (Å²) in [4.78, 5) is 11.2. The molecule has 0 saturated heterocycles. The molecule has 4 heteroatoms. The first kappa shape index (κ1) is 9.72. The van der Waals surface area contributed by atoms with Gasteiger partial charge < -0.3 is 4.74 Å². The van der Waals surface area contributed by atoms with E-state index in [1.165, 1.54) is 0 Å². The third kappa shape index (κ3) is 2.60. The van der Waals surface area contributed by atoms with Crippen molar-refractivity contribution in [2.24, 2.45) is 0 Å². The van der Waals surface area contributed by atoms with Crippen LogP contribution in [0.1, 0.15) is 10.4 Å². The van der Waals surface area contributed by atoms with Gasteiger partial charge in [-0.1, -0.05) is 0 Å². The minimum atomic E-state index is -0.221. The molecule has 0 aliphatic carbocycles. The van der Waals surface area contributed by atoms with Crippen LogP contribution in [-0.2, 0) is 4.74 Å². The number of esters is 1. The fraction of sp³-hybridized carbons (Fsp3) is 0.125. The molecule has 12 heavy (non-hydrogen) atoms. The largest absolute Gasteiger partial charge is 0.467 e. The molecule has 0 aromatic heterocycles. The van der Waals surface area contributed by atoms with Crippen molar-refractivity contribution >= 4 is 38.8 Å². The third-order valence-corrected chi connectivity index (χ3v) is 2.36. The molecule has 0 fully saturated rings. The summed E-state index contributed by atoms with van der Waals surface area (Å²) in [5.41, 5.74) is 0.631. The molecule has 1 aromatic carbocycles. The fourth-order valence-corrected chi connectivity index (χ4v) is 1.42. The lowest BCUT2D eigenvalue weighted by Gasteiger charge is -2.00. The van der Waals surface area contributed by atoms with Crippen molar-refractivity contribution < 1.29 is 9.53 Å². The molecule has 0 bridgehead atoms. The maximum Gasteiger partial charge on any atom is 0.337 e. The number of benzene rings is 1. The summed E-state index contributed by atoms with van der Waals surface area (Å²) in [5, 5.41) is 0. The van der Waals surface area contributed by atoms with Gasteiger partial charge in [0.1, 0.15) is 0 Å². The van der Waals surface area contributed by atoms with Crippen LogP contribution >= 0.6 is 22.6 Å². The highest BCUT2D eigenvalue weighted by Crippen LogP contribution is 2.07. The number of halogens is 1. The highest BCUT2D eigenvalue weighted by molar-refractivity contribution is 14.1. The van der Waals surface area contributed by atoms with Crippen LogP contribution in [0, 0.1) is 3.57 Å². The summed E-state index contributed by atoms with van der Waals surface area (Å²) >= 11 is 2.20. The van der Waals surface area contributed by atoms with Gasteiger partial charge in [-0.3, -0.25) is 0 Å². The average Bonchev–Trinajstić information content (AvgIpc) is 2.06. The molecule has 0 atom stereocenters. The lowest BCUT2D eigenvalue weighted by atomic mass is 10.2. The summed E-state index contributed by atoms with van der Waals surface area (Å²) in [5.74, 6) is -0.221. The molecule has 0 spiro atoms. The first-order valence-corrected chi connectivity index (χ1v) is 6.16. The van der Waals surface area contributed by atoms with Gasteiger partial charge in [-0.25, -0.2) is 4.79 Å². The van der Waals surface area contributed by atoms with Gasteiger partial charge in [0.2, 0.25) is 0 Å². The molecule has 2 nitrogen and oxygen atoms in total. The Morgan fingerprint density at radius 1 is 1.42 bits per heavy atom. The Bertz CT molecular complexity index is 271. The average molecular weight is 292 g/mol. The molecule has 0 unspecified atom stereocenters. The van der Waals surface area contributed by atoms with E-state index in [0.29, 0.717) is 11.8 Å². The summed E-state index contributed by atoms with van der Waals surface area (Å²) in [7, 11) is 0.892. The molecule has 64 valence electrons. The van der Waals surface area contributed by atoms with Gasteiger partial charge in [0.15, 0.2) is 0 Å². The van der Waals surface area contributed by atoms with Crippen molar-refractivity contribution in [1.29, 1.82) is 0 Å². The van der Waals surface area contributed by atoms with Crippen LogP contribution < -0.4 is 0 Å². The predicted molar refractivity (Wildman–Crippen MR) is 59.4 cm³/mol. The van der Waals surface area contributed by atoms with Crippen LogP contribution in [0.3, 0.4) is 0 Å². The van der Waals surface area contributed by atoms with Gasteiger partial charge in [0.05, 0.1) is 22.0 Å². The molecule has 1 aromatic rings. The van der Waals surface area contributed by atoms with E-state index in [4.69, 9.17) is 4.74 Å². The smallest absolute Gasteiger partial charge is 0.337 e. The Labute approximate surface area is 87.9 Å². The van der Waals surface area contributed by atoms with E-state index in [-0.39, 0.29) is 5.97 Å². The lowest BCUT2D eigenvalue weighted by molar-refractivity contribution is 0.0573. The van der Waals surface area contributed by atoms with Crippen LogP contribution in [0.5, 0.6) is 0 Å². The second kappa shape index (κ2) is 4.61. The van der Waals surface area contributed by atoms with Crippen LogP contribution in [0.25, 0.3) is 0 Å². The van der Waals surface area contributed by atoms with Gasteiger partial charge in [-0.2, -0.15) is 0 Å². The monoisotopic (exact) mass is 292 g/mol. The van der Waals surface area contributed by atoms with E-state index in [9.17, 15) is 4.79 Å². The Kier molecular flexibility index (Phi) is 3.74. The van der Waals surface area contributed by atoms with Gasteiger partial charge in [-0.05, 0) is 46.9 Å². The predicted octanol–water partition coefficient (Wildman–Crippen LogP) is 0.771. The molecule has 0 amide bonds. The number of carbonyl (C=O) groups excluding carboxylic acids is 1. The maximum absolute atomic E-state index is 11.2. The number of rotatable bonds is 2. The van der Waals surface area contributed by atoms with Crippen LogP contribution in [0.15, 0.2) is 24.3 Å². The summed E-state index contributed by atoms with van der Waals surface area (Å²) in [6.45, 7) is 0. The lowest BCUT2D eigenvalue weighted by Crippen LogP contribution is -2.05. The van der Waals surface area contributed by atoms with Gasteiger partial charge in [-0.15, -0.1) is 0 Å². The molecule has 0 aliphatic heterocycles. The van der Waals surface area contributed by atoms with Gasteiger partial charge >= 0.3 is 5.97 Å². The van der Waals surface area contributed by atoms with E-state index >= 15 is 0 Å². The highest BCUT2D eigenvalue weighted by atomic mass is 127. The maximum atomic E-state index is 11.2. The van der Waals surface area contributed by atoms with Crippen molar-refractivity contribution in [3.8, 4) is 0 Å². The van der Waals surface area contributed by atoms with E-state index in [1.54, 1.807) is 12.1 Å². The fourth-order valence-electron chi connectivity index (χ4n) is 0.800. The molecule has 0 radical (unpaired) electrons. The van der Waals surface area contributed by atoms with E-state index in [2.05, 4.69) is 22.6 Å². The summed E-state index contributed by atoms with van der Waals surface area (Å²) < 4.78 is 6.01. The molecular formula is C8H9IO2Si. The Morgan fingerprint density at radius 3 is 2.50 bits per heavy atom. The minimum Gasteiger partial charge on any atom is -0.467 e. The van der Waals surface area contributed by atoms with Crippen LogP contribution in [0.2, 0.25) is 0 Å².